The second kappa shape index (κ2) is 7.23. The summed E-state index contributed by atoms with van der Waals surface area (Å²) in [5, 5.41) is 4.84. The van der Waals surface area contributed by atoms with E-state index in [2.05, 4.69) is 4.98 Å². The van der Waals surface area contributed by atoms with Crippen LogP contribution < -0.4 is 0 Å². The van der Waals surface area contributed by atoms with E-state index < -0.39 is 0 Å². The van der Waals surface area contributed by atoms with E-state index in [1.807, 2.05) is 34.8 Å². The Bertz CT molecular complexity index is 1140. The summed E-state index contributed by atoms with van der Waals surface area (Å²) in [5.74, 6) is -0.306. The number of benzene rings is 1. The van der Waals surface area contributed by atoms with Crippen molar-refractivity contribution in [1.29, 1.82) is 0 Å². The summed E-state index contributed by atoms with van der Waals surface area (Å²) in [4.78, 5) is 17.4. The molecule has 0 saturated heterocycles. The summed E-state index contributed by atoms with van der Waals surface area (Å²) < 4.78 is 15.3. The number of aromatic nitrogens is 3. The van der Waals surface area contributed by atoms with Crippen molar-refractivity contribution >= 4 is 11.4 Å². The first-order valence-corrected chi connectivity index (χ1v) is 8.93. The lowest BCUT2D eigenvalue weighted by molar-refractivity contribution is -0.128. The molecule has 6 heteroatoms. The molecule has 0 atom stereocenters. The zero-order valence-electron chi connectivity index (χ0n) is 15.6. The number of carbonyl (C=O) groups excluding carboxylic acids is 1. The van der Waals surface area contributed by atoms with Gasteiger partial charge in [-0.25, -0.2) is 8.91 Å². The number of amides is 1. The van der Waals surface area contributed by atoms with E-state index in [-0.39, 0.29) is 11.7 Å². The molecule has 0 aliphatic rings. The Labute approximate surface area is 162 Å². The first kappa shape index (κ1) is 17.9. The van der Waals surface area contributed by atoms with Crippen molar-refractivity contribution in [2.45, 2.75) is 13.5 Å². The van der Waals surface area contributed by atoms with Crippen LogP contribution in [0.4, 0.5) is 4.39 Å². The molecule has 0 aliphatic heterocycles. The number of hydrogen-bond acceptors (Lipinski definition) is 3. The third-order valence-electron chi connectivity index (χ3n) is 4.76. The van der Waals surface area contributed by atoms with Crippen molar-refractivity contribution in [2.24, 2.45) is 0 Å². The summed E-state index contributed by atoms with van der Waals surface area (Å²) in [6, 6.07) is 16.1. The van der Waals surface area contributed by atoms with E-state index in [4.69, 9.17) is 5.10 Å². The van der Waals surface area contributed by atoms with Crippen molar-refractivity contribution < 1.29 is 9.18 Å². The minimum absolute atomic E-state index is 0.0164. The average Bonchev–Trinajstić information content (AvgIpc) is 3.09. The Kier molecular flexibility index (Phi) is 4.61. The highest BCUT2D eigenvalue weighted by atomic mass is 19.1. The van der Waals surface area contributed by atoms with Gasteiger partial charge in [0.1, 0.15) is 11.5 Å². The maximum absolute atomic E-state index is 13.4. The van der Waals surface area contributed by atoms with E-state index >= 15 is 0 Å². The number of halogens is 1. The molecule has 0 saturated carbocycles. The minimum atomic E-state index is -0.290. The second-order valence-electron chi connectivity index (χ2n) is 6.66. The van der Waals surface area contributed by atoms with E-state index in [0.717, 1.165) is 33.6 Å². The van der Waals surface area contributed by atoms with Gasteiger partial charge in [-0.15, -0.1) is 0 Å². The molecule has 3 aromatic heterocycles. The zero-order valence-corrected chi connectivity index (χ0v) is 15.6. The fraction of sp³-hybridized carbons (Fsp3) is 0.136. The third-order valence-corrected chi connectivity index (χ3v) is 4.76. The number of rotatable bonds is 4. The van der Waals surface area contributed by atoms with Gasteiger partial charge in [0, 0.05) is 37.5 Å². The van der Waals surface area contributed by atoms with Crippen LogP contribution in [-0.4, -0.2) is 32.5 Å². The molecule has 4 aromatic rings. The van der Waals surface area contributed by atoms with Crippen LogP contribution in [0.25, 0.3) is 27.9 Å². The molecule has 0 N–H and O–H groups in total. The highest BCUT2D eigenvalue weighted by Gasteiger charge is 2.18. The SMILES string of the molecule is CC(=O)N(C)Cc1cccc2c(-c3ccncc3)c(-c3ccc(F)cc3)nn12. The van der Waals surface area contributed by atoms with Gasteiger partial charge in [-0.1, -0.05) is 6.07 Å². The molecule has 5 nitrogen and oxygen atoms in total. The summed E-state index contributed by atoms with van der Waals surface area (Å²) in [7, 11) is 1.76. The molecular formula is C22H19FN4O. The van der Waals surface area contributed by atoms with Crippen LogP contribution in [0, 0.1) is 5.82 Å². The number of nitrogens with zero attached hydrogens (tertiary/aromatic N) is 4. The Balaban J connectivity index is 1.96. The molecule has 0 aliphatic carbocycles. The maximum atomic E-state index is 13.4. The number of pyridine rings is 2. The third kappa shape index (κ3) is 3.24. The molecule has 140 valence electrons. The zero-order chi connectivity index (χ0) is 19.7. The highest BCUT2D eigenvalue weighted by molar-refractivity contribution is 5.92. The molecule has 28 heavy (non-hydrogen) atoms. The van der Waals surface area contributed by atoms with Crippen LogP contribution in [0.15, 0.2) is 67.0 Å². The predicted octanol–water partition coefficient (Wildman–Crippen LogP) is 4.18. The van der Waals surface area contributed by atoms with Gasteiger partial charge in [-0.3, -0.25) is 9.78 Å². The maximum Gasteiger partial charge on any atom is 0.219 e. The summed E-state index contributed by atoms with van der Waals surface area (Å²) in [6.07, 6.45) is 3.47. The van der Waals surface area contributed by atoms with Gasteiger partial charge in [0.15, 0.2) is 0 Å². The minimum Gasteiger partial charge on any atom is -0.340 e. The van der Waals surface area contributed by atoms with E-state index in [1.54, 1.807) is 36.5 Å². The first-order valence-electron chi connectivity index (χ1n) is 8.93. The monoisotopic (exact) mass is 374 g/mol. The summed E-state index contributed by atoms with van der Waals surface area (Å²) >= 11 is 0. The van der Waals surface area contributed by atoms with Crippen LogP contribution in [-0.2, 0) is 11.3 Å². The van der Waals surface area contributed by atoms with Gasteiger partial charge >= 0.3 is 0 Å². The van der Waals surface area contributed by atoms with Gasteiger partial charge in [0.05, 0.1) is 17.8 Å². The van der Waals surface area contributed by atoms with Crippen molar-refractivity contribution in [2.75, 3.05) is 7.05 Å². The number of carbonyl (C=O) groups is 1. The van der Waals surface area contributed by atoms with Crippen LogP contribution in [0.3, 0.4) is 0 Å². The predicted molar refractivity (Wildman–Crippen MR) is 106 cm³/mol. The smallest absolute Gasteiger partial charge is 0.219 e. The molecule has 0 bridgehead atoms. The van der Waals surface area contributed by atoms with Crippen molar-refractivity contribution in [3.63, 3.8) is 0 Å². The van der Waals surface area contributed by atoms with Crippen LogP contribution in [0.2, 0.25) is 0 Å². The highest BCUT2D eigenvalue weighted by Crippen LogP contribution is 2.35. The fourth-order valence-corrected chi connectivity index (χ4v) is 3.21. The van der Waals surface area contributed by atoms with Gasteiger partial charge in [0.2, 0.25) is 5.91 Å². The Morgan fingerprint density at radius 3 is 2.43 bits per heavy atom. The Hall–Kier alpha value is -3.54. The lowest BCUT2D eigenvalue weighted by atomic mass is 10.0. The quantitative estimate of drug-likeness (QED) is 0.538. The van der Waals surface area contributed by atoms with Crippen molar-refractivity contribution in [3.05, 3.63) is 78.5 Å². The van der Waals surface area contributed by atoms with Gasteiger partial charge < -0.3 is 4.90 Å². The first-order chi connectivity index (χ1) is 13.5. The lowest BCUT2D eigenvalue weighted by Crippen LogP contribution is -2.24. The Morgan fingerprint density at radius 2 is 1.75 bits per heavy atom. The second-order valence-corrected chi connectivity index (χ2v) is 6.66. The number of fused-ring (bicyclic) bond motifs is 1. The van der Waals surface area contributed by atoms with E-state index in [0.29, 0.717) is 6.54 Å². The molecule has 4 rings (SSSR count). The van der Waals surface area contributed by atoms with E-state index in [9.17, 15) is 9.18 Å². The van der Waals surface area contributed by atoms with Crippen LogP contribution >= 0.6 is 0 Å². The summed E-state index contributed by atoms with van der Waals surface area (Å²) in [6.45, 7) is 1.97. The summed E-state index contributed by atoms with van der Waals surface area (Å²) in [5.41, 5.74) is 5.30. The average molecular weight is 374 g/mol. The molecule has 1 amide bonds. The largest absolute Gasteiger partial charge is 0.340 e. The van der Waals surface area contributed by atoms with E-state index in [1.165, 1.54) is 19.1 Å². The molecule has 0 radical (unpaired) electrons. The topological polar surface area (TPSA) is 50.5 Å². The van der Waals surface area contributed by atoms with Crippen LogP contribution in [0.5, 0.6) is 0 Å². The number of hydrogen-bond donors (Lipinski definition) is 0. The molecule has 3 heterocycles. The van der Waals surface area contributed by atoms with Gasteiger partial charge in [-0.05, 0) is 54.1 Å². The molecule has 0 spiro atoms. The van der Waals surface area contributed by atoms with Crippen molar-refractivity contribution in [1.82, 2.24) is 19.5 Å². The van der Waals surface area contributed by atoms with Crippen molar-refractivity contribution in [3.8, 4) is 22.4 Å². The van der Waals surface area contributed by atoms with Gasteiger partial charge in [-0.2, -0.15) is 5.10 Å². The molecule has 1 aromatic carbocycles. The Morgan fingerprint density at radius 1 is 1.04 bits per heavy atom. The molecule has 0 unspecified atom stereocenters. The standard InChI is InChI=1S/C22H19FN4O/c1-15(28)26(2)14-19-4-3-5-20-21(16-10-12-24-13-11-16)22(25-27(19)20)17-6-8-18(23)9-7-17/h3-13H,14H2,1-2H3. The van der Waals surface area contributed by atoms with Crippen LogP contribution in [0.1, 0.15) is 12.6 Å². The normalized spacial score (nSPS) is 11.0. The van der Waals surface area contributed by atoms with Gasteiger partial charge in [0.25, 0.3) is 0 Å². The lowest BCUT2D eigenvalue weighted by Gasteiger charge is -2.15. The molecule has 0 fully saturated rings. The molecular weight excluding hydrogens is 355 g/mol. The fourth-order valence-electron chi connectivity index (χ4n) is 3.21.